The van der Waals surface area contributed by atoms with Gasteiger partial charge >= 0.3 is 6.01 Å². The van der Waals surface area contributed by atoms with Gasteiger partial charge in [0.25, 0.3) is 0 Å². The van der Waals surface area contributed by atoms with Gasteiger partial charge in [0.2, 0.25) is 0 Å². The first-order valence-electron chi connectivity index (χ1n) is 3.55. The van der Waals surface area contributed by atoms with E-state index in [-0.39, 0.29) is 6.61 Å². The minimum atomic E-state index is -0.133. The van der Waals surface area contributed by atoms with Gasteiger partial charge in [0.05, 0.1) is 17.3 Å². The molecular formula is C7H6BrN3O2. The van der Waals surface area contributed by atoms with Gasteiger partial charge in [-0.1, -0.05) is 0 Å². The highest BCUT2D eigenvalue weighted by Gasteiger charge is 2.05. The van der Waals surface area contributed by atoms with Crippen LogP contribution in [0.3, 0.4) is 0 Å². The quantitative estimate of drug-likeness (QED) is 0.859. The predicted octanol–water partition coefficient (Wildman–Crippen LogP) is 1.12. The second-order valence-corrected chi connectivity index (χ2v) is 3.30. The Kier molecular flexibility index (Phi) is 2.15. The van der Waals surface area contributed by atoms with Crippen LogP contribution in [0, 0.1) is 0 Å². The summed E-state index contributed by atoms with van der Waals surface area (Å²) in [5.41, 5.74) is 0.488. The summed E-state index contributed by atoms with van der Waals surface area (Å²) in [4.78, 5) is 3.98. The lowest BCUT2D eigenvalue weighted by molar-refractivity contribution is 0.276. The molecule has 0 unspecified atom stereocenters. The fourth-order valence-electron chi connectivity index (χ4n) is 0.880. The Balaban J connectivity index is 2.35. The molecule has 5 nitrogen and oxygen atoms in total. The Hall–Kier alpha value is -1.14. The van der Waals surface area contributed by atoms with Crippen molar-refractivity contribution in [2.45, 2.75) is 6.61 Å². The van der Waals surface area contributed by atoms with E-state index in [2.05, 4.69) is 26.0 Å². The largest absolute Gasteiger partial charge is 0.430 e. The molecule has 2 aromatic rings. The van der Waals surface area contributed by atoms with Crippen molar-refractivity contribution in [3.63, 3.8) is 0 Å². The molecule has 0 spiro atoms. The first kappa shape index (κ1) is 8.46. The molecule has 68 valence electrons. The summed E-state index contributed by atoms with van der Waals surface area (Å²) in [5.74, 6) is 0. The average Bonchev–Trinajstić information content (AvgIpc) is 2.71. The fraction of sp³-hybridized carbons (Fsp3) is 0.143. The van der Waals surface area contributed by atoms with Gasteiger partial charge in [-0.15, -0.1) is 0 Å². The van der Waals surface area contributed by atoms with Crippen LogP contribution in [0.1, 0.15) is 5.69 Å². The number of rotatable bonds is 2. The van der Waals surface area contributed by atoms with Gasteiger partial charge in [0.1, 0.15) is 12.0 Å². The summed E-state index contributed by atoms with van der Waals surface area (Å²) in [6.07, 6.45) is 4.74. The Morgan fingerprint density at radius 3 is 3.00 bits per heavy atom. The predicted molar refractivity (Wildman–Crippen MR) is 47.2 cm³/mol. The van der Waals surface area contributed by atoms with E-state index < -0.39 is 0 Å². The second kappa shape index (κ2) is 3.31. The van der Waals surface area contributed by atoms with Gasteiger partial charge in [0.15, 0.2) is 0 Å². The zero-order chi connectivity index (χ0) is 9.26. The van der Waals surface area contributed by atoms with Crippen molar-refractivity contribution in [3.05, 3.63) is 28.8 Å². The van der Waals surface area contributed by atoms with Crippen LogP contribution >= 0.6 is 15.9 Å². The van der Waals surface area contributed by atoms with E-state index in [9.17, 15) is 0 Å². The van der Waals surface area contributed by atoms with Crippen LogP contribution in [0.5, 0.6) is 0 Å². The molecule has 0 aromatic carbocycles. The molecule has 0 bridgehead atoms. The number of aliphatic hydroxyl groups is 1. The lowest BCUT2D eigenvalue weighted by Crippen LogP contribution is -1.94. The maximum absolute atomic E-state index is 8.74. The van der Waals surface area contributed by atoms with Gasteiger partial charge in [-0.25, -0.2) is 0 Å². The van der Waals surface area contributed by atoms with Crippen LogP contribution in [0.4, 0.5) is 0 Å². The zero-order valence-electron chi connectivity index (χ0n) is 6.51. The smallest absolute Gasteiger partial charge is 0.323 e. The van der Waals surface area contributed by atoms with Gasteiger partial charge in [-0.2, -0.15) is 14.8 Å². The van der Waals surface area contributed by atoms with Crippen LogP contribution in [-0.4, -0.2) is 19.9 Å². The van der Waals surface area contributed by atoms with Gasteiger partial charge in [-0.05, 0) is 15.9 Å². The molecule has 2 heterocycles. The lowest BCUT2D eigenvalue weighted by atomic mass is 10.5. The summed E-state index contributed by atoms with van der Waals surface area (Å²) >= 11 is 3.25. The van der Waals surface area contributed by atoms with Crippen molar-refractivity contribution in [3.8, 4) is 6.01 Å². The zero-order valence-corrected chi connectivity index (χ0v) is 8.10. The van der Waals surface area contributed by atoms with E-state index in [4.69, 9.17) is 9.52 Å². The topological polar surface area (TPSA) is 64.1 Å². The van der Waals surface area contributed by atoms with Gasteiger partial charge in [-0.3, -0.25) is 0 Å². The summed E-state index contributed by atoms with van der Waals surface area (Å²) in [5, 5.41) is 12.7. The van der Waals surface area contributed by atoms with Crippen molar-refractivity contribution in [1.82, 2.24) is 14.8 Å². The first-order valence-corrected chi connectivity index (χ1v) is 4.34. The third kappa shape index (κ3) is 1.63. The summed E-state index contributed by atoms with van der Waals surface area (Å²) in [7, 11) is 0. The van der Waals surface area contributed by atoms with E-state index in [0.29, 0.717) is 11.7 Å². The van der Waals surface area contributed by atoms with Crippen LogP contribution in [-0.2, 0) is 6.61 Å². The van der Waals surface area contributed by atoms with Crippen LogP contribution in [0.15, 0.2) is 27.5 Å². The van der Waals surface area contributed by atoms with Crippen molar-refractivity contribution >= 4 is 15.9 Å². The molecule has 0 fully saturated rings. The average molecular weight is 244 g/mol. The standard InChI is InChI=1S/C7H6BrN3O2/c8-5-1-9-11(2-5)7-10-6(3-12)4-13-7/h1-2,4,12H,3H2. The van der Waals surface area contributed by atoms with E-state index >= 15 is 0 Å². The van der Waals surface area contributed by atoms with E-state index in [0.717, 1.165) is 4.47 Å². The van der Waals surface area contributed by atoms with Crippen molar-refractivity contribution in [2.75, 3.05) is 0 Å². The fourth-order valence-corrected chi connectivity index (χ4v) is 1.17. The minimum Gasteiger partial charge on any atom is -0.430 e. The van der Waals surface area contributed by atoms with Crippen LogP contribution in [0.25, 0.3) is 6.01 Å². The van der Waals surface area contributed by atoms with Crippen LogP contribution in [0.2, 0.25) is 0 Å². The maximum atomic E-state index is 8.74. The third-order valence-electron chi connectivity index (χ3n) is 1.45. The molecule has 2 aromatic heterocycles. The van der Waals surface area contributed by atoms with Crippen molar-refractivity contribution < 1.29 is 9.52 Å². The molecule has 0 saturated heterocycles. The SMILES string of the molecule is OCc1coc(-n2cc(Br)cn2)n1. The molecule has 0 radical (unpaired) electrons. The number of halogens is 1. The molecule has 0 saturated carbocycles. The monoisotopic (exact) mass is 243 g/mol. The number of aromatic nitrogens is 3. The highest BCUT2D eigenvalue weighted by Crippen LogP contribution is 2.11. The molecule has 6 heteroatoms. The normalized spacial score (nSPS) is 10.6. The Morgan fingerprint density at radius 1 is 1.62 bits per heavy atom. The molecule has 0 aliphatic rings. The summed E-state index contributed by atoms with van der Waals surface area (Å²) in [6, 6.07) is 0.342. The minimum absolute atomic E-state index is 0.133. The molecule has 0 aliphatic carbocycles. The van der Waals surface area contributed by atoms with Gasteiger partial charge in [0, 0.05) is 6.20 Å². The van der Waals surface area contributed by atoms with Crippen LogP contribution < -0.4 is 0 Å². The highest BCUT2D eigenvalue weighted by molar-refractivity contribution is 9.10. The summed E-state index contributed by atoms with van der Waals surface area (Å²) in [6.45, 7) is -0.133. The molecule has 0 atom stereocenters. The Morgan fingerprint density at radius 2 is 2.46 bits per heavy atom. The molecule has 0 amide bonds. The third-order valence-corrected chi connectivity index (χ3v) is 1.86. The summed E-state index contributed by atoms with van der Waals surface area (Å²) < 4.78 is 7.38. The van der Waals surface area contributed by atoms with Gasteiger partial charge < -0.3 is 9.52 Å². The maximum Gasteiger partial charge on any atom is 0.323 e. The molecule has 0 aliphatic heterocycles. The van der Waals surface area contributed by atoms with Crippen molar-refractivity contribution in [2.24, 2.45) is 0 Å². The Labute approximate surface area is 82.1 Å². The number of aliphatic hydroxyl groups excluding tert-OH is 1. The first-order chi connectivity index (χ1) is 6.29. The molecule has 1 N–H and O–H groups in total. The molecular weight excluding hydrogens is 238 g/mol. The molecule has 13 heavy (non-hydrogen) atoms. The van der Waals surface area contributed by atoms with Crippen molar-refractivity contribution in [1.29, 1.82) is 0 Å². The number of oxazole rings is 1. The Bertz CT molecular complexity index is 409. The number of hydrogen-bond acceptors (Lipinski definition) is 4. The lowest BCUT2D eigenvalue weighted by Gasteiger charge is -1.89. The number of nitrogens with zero attached hydrogens (tertiary/aromatic N) is 3. The number of hydrogen-bond donors (Lipinski definition) is 1. The highest BCUT2D eigenvalue weighted by atomic mass is 79.9. The van der Waals surface area contributed by atoms with E-state index in [1.165, 1.54) is 10.9 Å². The molecule has 2 rings (SSSR count). The second-order valence-electron chi connectivity index (χ2n) is 2.38. The van der Waals surface area contributed by atoms with E-state index in [1.807, 2.05) is 0 Å². The van der Waals surface area contributed by atoms with E-state index in [1.54, 1.807) is 12.4 Å².